The summed E-state index contributed by atoms with van der Waals surface area (Å²) in [5.41, 5.74) is 1.03. The third-order valence-corrected chi connectivity index (χ3v) is 5.11. The maximum Gasteiger partial charge on any atom is 0.339 e. The van der Waals surface area contributed by atoms with Gasteiger partial charge in [0, 0.05) is 17.7 Å². The van der Waals surface area contributed by atoms with E-state index in [-0.39, 0.29) is 17.8 Å². The van der Waals surface area contributed by atoms with E-state index in [2.05, 4.69) is 0 Å². The molecule has 0 saturated carbocycles. The summed E-state index contributed by atoms with van der Waals surface area (Å²) >= 11 is 0. The molecule has 2 amide bonds. The molecule has 1 atom stereocenters. The summed E-state index contributed by atoms with van der Waals surface area (Å²) in [6.45, 7) is -0.0693. The van der Waals surface area contributed by atoms with Crippen molar-refractivity contribution in [3.8, 4) is 0 Å². The maximum atomic E-state index is 12.5. The number of carbonyl (C=O) groups excluding carboxylic acids is 3. The van der Waals surface area contributed by atoms with Crippen LogP contribution in [-0.4, -0.2) is 27.6 Å². The highest BCUT2D eigenvalue weighted by atomic mass is 16.6. The largest absolute Gasteiger partial charge is 0.460 e. The number of nitro groups is 1. The summed E-state index contributed by atoms with van der Waals surface area (Å²) in [6, 6.07) is 13.7. The molecule has 9 nitrogen and oxygen atoms in total. The molecule has 0 fully saturated rings. The van der Waals surface area contributed by atoms with Crippen molar-refractivity contribution >= 4 is 23.5 Å². The van der Waals surface area contributed by atoms with Crippen LogP contribution < -0.4 is 0 Å². The number of imide groups is 1. The number of cyclic esters (lactones) is 1. The van der Waals surface area contributed by atoms with E-state index in [0.29, 0.717) is 28.2 Å². The van der Waals surface area contributed by atoms with Gasteiger partial charge in [0.2, 0.25) is 0 Å². The van der Waals surface area contributed by atoms with Crippen molar-refractivity contribution in [2.24, 2.45) is 0 Å². The lowest BCUT2D eigenvalue weighted by Gasteiger charge is -2.12. The number of hydrogen-bond donors (Lipinski definition) is 0. The van der Waals surface area contributed by atoms with Gasteiger partial charge in [-0.05, 0) is 30.3 Å². The van der Waals surface area contributed by atoms with E-state index in [4.69, 9.17) is 9.15 Å². The van der Waals surface area contributed by atoms with Crippen LogP contribution in [0.1, 0.15) is 54.3 Å². The number of rotatable bonds is 4. The lowest BCUT2D eigenvalue weighted by atomic mass is 10.0. The number of hydrogen-bond acceptors (Lipinski definition) is 7. The maximum absolute atomic E-state index is 12.5. The van der Waals surface area contributed by atoms with Crippen LogP contribution in [-0.2, 0) is 11.3 Å². The average Bonchev–Trinajstić information content (AvgIpc) is 3.40. The Hall–Kier alpha value is -4.27. The van der Waals surface area contributed by atoms with Crippen LogP contribution in [0.5, 0.6) is 0 Å². The second-order valence-electron chi connectivity index (χ2n) is 6.86. The van der Waals surface area contributed by atoms with Gasteiger partial charge >= 0.3 is 5.97 Å². The predicted octanol–water partition coefficient (Wildman–Crippen LogP) is 3.24. The molecular formula is C21H12N2O7. The minimum absolute atomic E-state index is 0.0693. The van der Waals surface area contributed by atoms with E-state index < -0.39 is 28.8 Å². The number of fused-ring (bicyclic) bond motifs is 2. The summed E-state index contributed by atoms with van der Waals surface area (Å²) in [5.74, 6) is -0.859. The normalized spacial score (nSPS) is 17.1. The SMILES string of the molecule is O=C1OC(c2ccc(CN3C(=O)c4ccccc4C3=O)o2)c2ccc([N+](=O)[O-])cc21. The highest BCUT2D eigenvalue weighted by Gasteiger charge is 2.38. The smallest absolute Gasteiger partial charge is 0.339 e. The Kier molecular flexibility index (Phi) is 3.78. The number of ether oxygens (including phenoxy) is 1. The third kappa shape index (κ3) is 2.60. The zero-order valence-electron chi connectivity index (χ0n) is 15.2. The molecule has 0 N–H and O–H groups in total. The number of carbonyl (C=O) groups is 3. The second-order valence-corrected chi connectivity index (χ2v) is 6.86. The quantitative estimate of drug-likeness (QED) is 0.283. The van der Waals surface area contributed by atoms with Crippen LogP contribution in [0.2, 0.25) is 0 Å². The average molecular weight is 404 g/mol. The van der Waals surface area contributed by atoms with Gasteiger partial charge in [0.05, 0.1) is 28.2 Å². The molecule has 1 aromatic heterocycles. The van der Waals surface area contributed by atoms with E-state index >= 15 is 0 Å². The number of furan rings is 1. The van der Waals surface area contributed by atoms with E-state index in [1.807, 2.05) is 0 Å². The number of esters is 1. The van der Waals surface area contributed by atoms with Crippen LogP contribution in [0.15, 0.2) is 59.0 Å². The Bertz CT molecular complexity index is 1220. The van der Waals surface area contributed by atoms with Gasteiger partial charge in [-0.3, -0.25) is 24.6 Å². The number of benzene rings is 2. The first-order valence-corrected chi connectivity index (χ1v) is 8.97. The molecule has 2 aliphatic heterocycles. The molecule has 1 unspecified atom stereocenters. The fraction of sp³-hybridized carbons (Fsp3) is 0.0952. The lowest BCUT2D eigenvalue weighted by molar-refractivity contribution is -0.384. The Morgan fingerprint density at radius 3 is 2.30 bits per heavy atom. The van der Waals surface area contributed by atoms with Crippen LogP contribution in [0.4, 0.5) is 5.69 Å². The van der Waals surface area contributed by atoms with Gasteiger partial charge in [0.15, 0.2) is 6.10 Å². The van der Waals surface area contributed by atoms with E-state index in [0.717, 1.165) is 4.90 Å². The molecule has 9 heteroatoms. The van der Waals surface area contributed by atoms with E-state index in [1.54, 1.807) is 36.4 Å². The second kappa shape index (κ2) is 6.38. The first-order chi connectivity index (χ1) is 14.4. The van der Waals surface area contributed by atoms with Gasteiger partial charge < -0.3 is 9.15 Å². The summed E-state index contributed by atoms with van der Waals surface area (Å²) < 4.78 is 11.1. The number of nitro benzene ring substituents is 1. The minimum Gasteiger partial charge on any atom is -0.460 e. The molecule has 5 rings (SSSR count). The highest BCUT2D eigenvalue weighted by Crippen LogP contribution is 2.38. The van der Waals surface area contributed by atoms with Crippen LogP contribution in [0.3, 0.4) is 0 Å². The Labute approximate surface area is 168 Å². The standard InChI is InChI=1S/C21H12N2O7/c24-19-14-3-1-2-4-15(14)20(25)22(19)10-12-6-8-17(29-12)18-13-7-5-11(23(27)28)9-16(13)21(26)30-18/h1-9,18H,10H2. The van der Waals surface area contributed by atoms with Crippen molar-refractivity contribution in [2.45, 2.75) is 12.6 Å². The summed E-state index contributed by atoms with van der Waals surface area (Å²) in [7, 11) is 0. The minimum atomic E-state index is -0.857. The fourth-order valence-corrected chi connectivity index (χ4v) is 3.67. The molecule has 0 spiro atoms. The van der Waals surface area contributed by atoms with Crippen molar-refractivity contribution in [1.82, 2.24) is 4.90 Å². The molecule has 0 bridgehead atoms. The molecule has 3 aromatic rings. The van der Waals surface area contributed by atoms with Crippen molar-refractivity contribution in [1.29, 1.82) is 0 Å². The summed E-state index contributed by atoms with van der Waals surface area (Å²) in [4.78, 5) is 48.6. The zero-order valence-corrected chi connectivity index (χ0v) is 15.2. The van der Waals surface area contributed by atoms with Gasteiger partial charge in [-0.2, -0.15) is 0 Å². The molecule has 148 valence electrons. The Balaban J connectivity index is 1.40. The topological polar surface area (TPSA) is 120 Å². The Morgan fingerprint density at radius 2 is 1.63 bits per heavy atom. The Morgan fingerprint density at radius 1 is 0.933 bits per heavy atom. The molecule has 0 aliphatic carbocycles. The number of non-ortho nitro benzene ring substituents is 1. The van der Waals surface area contributed by atoms with Gasteiger partial charge in [-0.25, -0.2) is 4.79 Å². The first-order valence-electron chi connectivity index (χ1n) is 8.97. The third-order valence-electron chi connectivity index (χ3n) is 5.11. The van der Waals surface area contributed by atoms with Crippen molar-refractivity contribution < 1.29 is 28.5 Å². The van der Waals surface area contributed by atoms with Crippen molar-refractivity contribution in [3.63, 3.8) is 0 Å². The monoisotopic (exact) mass is 404 g/mol. The fourth-order valence-electron chi connectivity index (χ4n) is 3.67. The van der Waals surface area contributed by atoms with Gasteiger partial charge in [-0.15, -0.1) is 0 Å². The van der Waals surface area contributed by atoms with Gasteiger partial charge in [0.25, 0.3) is 17.5 Å². The summed E-state index contributed by atoms with van der Waals surface area (Å²) in [5, 5.41) is 10.9. The number of nitrogens with zero attached hydrogens (tertiary/aromatic N) is 2. The molecule has 2 aromatic carbocycles. The van der Waals surface area contributed by atoms with Crippen molar-refractivity contribution in [3.05, 3.63) is 98.5 Å². The van der Waals surface area contributed by atoms with Gasteiger partial charge in [-0.1, -0.05) is 12.1 Å². The molecule has 30 heavy (non-hydrogen) atoms. The van der Waals surface area contributed by atoms with Crippen LogP contribution in [0.25, 0.3) is 0 Å². The lowest BCUT2D eigenvalue weighted by Crippen LogP contribution is -2.28. The molecule has 2 aliphatic rings. The molecule has 3 heterocycles. The molecule has 0 radical (unpaired) electrons. The number of amides is 2. The molecule has 0 saturated heterocycles. The van der Waals surface area contributed by atoms with Crippen LogP contribution in [0, 0.1) is 10.1 Å². The van der Waals surface area contributed by atoms with Crippen LogP contribution >= 0.6 is 0 Å². The van der Waals surface area contributed by atoms with E-state index in [9.17, 15) is 24.5 Å². The summed E-state index contributed by atoms with van der Waals surface area (Å²) in [6.07, 6.45) is -0.857. The first kappa shape index (κ1) is 17.8. The highest BCUT2D eigenvalue weighted by molar-refractivity contribution is 6.21. The van der Waals surface area contributed by atoms with Crippen molar-refractivity contribution in [2.75, 3.05) is 0 Å². The van der Waals surface area contributed by atoms with E-state index in [1.165, 1.54) is 18.2 Å². The predicted molar refractivity (Wildman–Crippen MR) is 99.7 cm³/mol. The van der Waals surface area contributed by atoms with Gasteiger partial charge in [0.1, 0.15) is 11.5 Å². The zero-order chi connectivity index (χ0) is 21.0. The molecular weight excluding hydrogens is 392 g/mol.